The number of nitrogens with zero attached hydrogens (tertiary/aromatic N) is 2. The highest BCUT2D eigenvalue weighted by Crippen LogP contribution is 2.17. The fourth-order valence-corrected chi connectivity index (χ4v) is 3.21. The Labute approximate surface area is 154 Å². The number of thiazole rings is 1. The van der Waals surface area contributed by atoms with Crippen molar-refractivity contribution in [2.45, 2.75) is 47.3 Å². The Balaban J connectivity index is 1.88. The summed E-state index contributed by atoms with van der Waals surface area (Å²) in [5, 5.41) is 7.70. The molecule has 1 aromatic heterocycles. The smallest absolute Gasteiger partial charge is 0.191 e. The van der Waals surface area contributed by atoms with Crippen LogP contribution < -0.4 is 15.4 Å². The van der Waals surface area contributed by atoms with Crippen LogP contribution in [0, 0.1) is 20.8 Å². The molecule has 0 aliphatic carbocycles. The molecule has 6 heteroatoms. The Bertz CT molecular complexity index is 694. The molecular weight excluding hydrogens is 332 g/mol. The molecule has 0 saturated heterocycles. The van der Waals surface area contributed by atoms with Gasteiger partial charge in [0.15, 0.2) is 5.96 Å². The lowest BCUT2D eigenvalue weighted by Crippen LogP contribution is -2.41. The molecule has 0 saturated carbocycles. The van der Waals surface area contributed by atoms with E-state index in [1.807, 2.05) is 32.9 Å². The molecule has 0 spiro atoms. The van der Waals surface area contributed by atoms with Gasteiger partial charge in [0, 0.05) is 11.4 Å². The first-order valence-corrected chi connectivity index (χ1v) is 9.48. The van der Waals surface area contributed by atoms with Gasteiger partial charge in [0.05, 0.1) is 23.8 Å². The summed E-state index contributed by atoms with van der Waals surface area (Å²) in [6, 6.07) is 8.11. The minimum Gasteiger partial charge on any atom is -0.489 e. The lowest BCUT2D eigenvalue weighted by molar-refractivity contribution is 0.224. The SMILES string of the molecule is CCNC(=NCc1sc(C)nc1C)NCC(C)Oc1ccc(C)cc1. The minimum absolute atomic E-state index is 0.0407. The van der Waals surface area contributed by atoms with Crippen LogP contribution in [0.2, 0.25) is 0 Å². The highest BCUT2D eigenvalue weighted by atomic mass is 32.1. The second-order valence-electron chi connectivity index (χ2n) is 6.06. The molecule has 1 heterocycles. The molecule has 0 fully saturated rings. The minimum atomic E-state index is 0.0407. The third-order valence-electron chi connectivity index (χ3n) is 3.64. The molecule has 25 heavy (non-hydrogen) atoms. The molecule has 0 amide bonds. The molecule has 0 aliphatic rings. The van der Waals surface area contributed by atoms with E-state index in [2.05, 4.69) is 46.6 Å². The number of rotatable bonds is 7. The number of aliphatic imine (C=N–C) groups is 1. The Hall–Kier alpha value is -2.08. The maximum Gasteiger partial charge on any atom is 0.191 e. The summed E-state index contributed by atoms with van der Waals surface area (Å²) in [5.41, 5.74) is 2.30. The molecule has 2 N–H and O–H groups in total. The first kappa shape index (κ1) is 19.2. The Morgan fingerprint density at radius 2 is 1.92 bits per heavy atom. The first-order valence-electron chi connectivity index (χ1n) is 8.66. The molecular formula is C19H28N4OS. The first-order chi connectivity index (χ1) is 12.0. The maximum atomic E-state index is 5.93. The number of benzene rings is 1. The van der Waals surface area contributed by atoms with E-state index in [9.17, 15) is 0 Å². The van der Waals surface area contributed by atoms with Crippen molar-refractivity contribution in [2.24, 2.45) is 4.99 Å². The monoisotopic (exact) mass is 360 g/mol. The Kier molecular flexibility index (Phi) is 7.25. The number of nitrogens with one attached hydrogen (secondary N) is 2. The molecule has 0 bridgehead atoms. The predicted molar refractivity (Wildman–Crippen MR) is 106 cm³/mol. The van der Waals surface area contributed by atoms with E-state index < -0.39 is 0 Å². The predicted octanol–water partition coefficient (Wildman–Crippen LogP) is 3.59. The molecule has 1 unspecified atom stereocenters. The molecule has 5 nitrogen and oxygen atoms in total. The Morgan fingerprint density at radius 1 is 1.20 bits per heavy atom. The molecule has 136 valence electrons. The van der Waals surface area contributed by atoms with Crippen molar-refractivity contribution in [1.29, 1.82) is 0 Å². The van der Waals surface area contributed by atoms with Gasteiger partial charge in [0.1, 0.15) is 11.9 Å². The lowest BCUT2D eigenvalue weighted by atomic mass is 10.2. The van der Waals surface area contributed by atoms with Crippen LogP contribution in [0.15, 0.2) is 29.3 Å². The van der Waals surface area contributed by atoms with Crippen molar-refractivity contribution in [1.82, 2.24) is 15.6 Å². The van der Waals surface area contributed by atoms with Crippen molar-refractivity contribution in [2.75, 3.05) is 13.1 Å². The average Bonchev–Trinajstić information content (AvgIpc) is 2.90. The van der Waals surface area contributed by atoms with Crippen LogP contribution in [0.4, 0.5) is 0 Å². The zero-order chi connectivity index (χ0) is 18.2. The molecule has 1 atom stereocenters. The summed E-state index contributed by atoms with van der Waals surface area (Å²) >= 11 is 1.70. The summed E-state index contributed by atoms with van der Waals surface area (Å²) in [7, 11) is 0. The normalized spacial score (nSPS) is 12.8. The third-order valence-corrected chi connectivity index (χ3v) is 4.70. The summed E-state index contributed by atoms with van der Waals surface area (Å²) in [6.45, 7) is 12.4. The Morgan fingerprint density at radius 3 is 2.52 bits per heavy atom. The summed E-state index contributed by atoms with van der Waals surface area (Å²) in [4.78, 5) is 10.3. The van der Waals surface area contributed by atoms with Gasteiger partial charge in [-0.2, -0.15) is 0 Å². The van der Waals surface area contributed by atoms with Gasteiger partial charge < -0.3 is 15.4 Å². The number of hydrogen-bond donors (Lipinski definition) is 2. The van der Waals surface area contributed by atoms with Crippen LogP contribution in [-0.2, 0) is 6.54 Å². The van der Waals surface area contributed by atoms with E-state index in [4.69, 9.17) is 4.74 Å². The van der Waals surface area contributed by atoms with Crippen molar-refractivity contribution < 1.29 is 4.74 Å². The van der Waals surface area contributed by atoms with E-state index in [1.165, 1.54) is 10.4 Å². The van der Waals surface area contributed by atoms with Crippen molar-refractivity contribution >= 4 is 17.3 Å². The van der Waals surface area contributed by atoms with Crippen molar-refractivity contribution in [3.63, 3.8) is 0 Å². The van der Waals surface area contributed by atoms with Gasteiger partial charge in [0.2, 0.25) is 0 Å². The molecule has 0 aliphatic heterocycles. The van der Waals surface area contributed by atoms with E-state index in [-0.39, 0.29) is 6.10 Å². The standard InChI is InChI=1S/C19H28N4OS/c1-6-20-19(22-12-18-15(4)23-16(5)25-18)21-11-14(3)24-17-9-7-13(2)8-10-17/h7-10,14H,6,11-12H2,1-5H3,(H2,20,21,22). The van der Waals surface area contributed by atoms with Crippen LogP contribution in [0.5, 0.6) is 5.75 Å². The zero-order valence-electron chi connectivity index (χ0n) is 15.7. The van der Waals surface area contributed by atoms with Crippen molar-refractivity contribution in [3.05, 3.63) is 45.4 Å². The topological polar surface area (TPSA) is 58.5 Å². The van der Waals surface area contributed by atoms with Gasteiger partial charge in [-0.15, -0.1) is 11.3 Å². The number of guanidine groups is 1. The van der Waals surface area contributed by atoms with Crippen LogP contribution in [0.25, 0.3) is 0 Å². The molecule has 2 aromatic rings. The van der Waals surface area contributed by atoms with E-state index >= 15 is 0 Å². The van der Waals surface area contributed by atoms with Gasteiger partial charge in [-0.3, -0.25) is 0 Å². The fourth-order valence-electron chi connectivity index (χ4n) is 2.34. The second kappa shape index (κ2) is 9.42. The van der Waals surface area contributed by atoms with E-state index in [0.717, 1.165) is 29.0 Å². The maximum absolute atomic E-state index is 5.93. The lowest BCUT2D eigenvalue weighted by Gasteiger charge is -2.17. The fraction of sp³-hybridized carbons (Fsp3) is 0.474. The van der Waals surface area contributed by atoms with Crippen LogP contribution >= 0.6 is 11.3 Å². The number of aryl methyl sites for hydroxylation is 3. The third kappa shape index (κ3) is 6.38. The van der Waals surface area contributed by atoms with Gasteiger partial charge in [-0.25, -0.2) is 9.98 Å². The van der Waals surface area contributed by atoms with Crippen LogP contribution in [0.3, 0.4) is 0 Å². The van der Waals surface area contributed by atoms with E-state index in [0.29, 0.717) is 13.1 Å². The highest BCUT2D eigenvalue weighted by Gasteiger charge is 2.07. The van der Waals surface area contributed by atoms with E-state index in [1.54, 1.807) is 11.3 Å². The van der Waals surface area contributed by atoms with Gasteiger partial charge >= 0.3 is 0 Å². The second-order valence-corrected chi connectivity index (χ2v) is 7.35. The number of ether oxygens (including phenoxy) is 1. The number of hydrogen-bond acceptors (Lipinski definition) is 4. The molecule has 0 radical (unpaired) electrons. The molecule has 2 rings (SSSR count). The van der Waals surface area contributed by atoms with Crippen molar-refractivity contribution in [3.8, 4) is 5.75 Å². The summed E-state index contributed by atoms with van der Waals surface area (Å²) in [6.07, 6.45) is 0.0407. The van der Waals surface area contributed by atoms with Gasteiger partial charge in [-0.05, 0) is 46.8 Å². The van der Waals surface area contributed by atoms with Crippen LogP contribution in [-0.4, -0.2) is 30.1 Å². The quantitative estimate of drug-likeness (QED) is 0.585. The van der Waals surface area contributed by atoms with Gasteiger partial charge in [0.25, 0.3) is 0 Å². The van der Waals surface area contributed by atoms with Gasteiger partial charge in [-0.1, -0.05) is 17.7 Å². The number of aromatic nitrogens is 1. The summed E-state index contributed by atoms with van der Waals surface area (Å²) in [5.74, 6) is 1.69. The highest BCUT2D eigenvalue weighted by molar-refractivity contribution is 7.11. The largest absolute Gasteiger partial charge is 0.489 e. The zero-order valence-corrected chi connectivity index (χ0v) is 16.5. The average molecular weight is 361 g/mol. The molecule has 1 aromatic carbocycles. The van der Waals surface area contributed by atoms with Crippen LogP contribution in [0.1, 0.15) is 35.0 Å². The summed E-state index contributed by atoms with van der Waals surface area (Å²) < 4.78 is 5.93.